The van der Waals surface area contributed by atoms with Gasteiger partial charge in [0.2, 0.25) is 0 Å². The maximum Gasteiger partial charge on any atom is 0.0358 e. The molecule has 0 saturated carbocycles. The Hall–Kier alpha value is -0.710. The van der Waals surface area contributed by atoms with Crippen LogP contribution in [0.25, 0.3) is 0 Å². The van der Waals surface area contributed by atoms with Gasteiger partial charge in [0, 0.05) is 43.3 Å². The first-order chi connectivity index (χ1) is 7.66. The van der Waals surface area contributed by atoms with Crippen molar-refractivity contribution in [1.29, 1.82) is 0 Å². The molecule has 1 aliphatic heterocycles. The Morgan fingerprint density at radius 1 is 1.38 bits per heavy atom. The molecule has 3 nitrogen and oxygen atoms in total. The van der Waals surface area contributed by atoms with Gasteiger partial charge in [-0.1, -0.05) is 0 Å². The number of nitrogens with one attached hydrogen (secondary N) is 1. The molecule has 88 valence electrons. The smallest absolute Gasteiger partial charge is 0.0358 e. The van der Waals surface area contributed by atoms with Crippen LogP contribution in [0.2, 0.25) is 0 Å². The lowest BCUT2D eigenvalue weighted by atomic mass is 10.1. The van der Waals surface area contributed by atoms with Crippen LogP contribution in [0.1, 0.15) is 11.1 Å². The molecular formula is C12H19N3S. The first kappa shape index (κ1) is 11.8. The second-order valence-corrected chi connectivity index (χ2v) is 4.84. The number of rotatable bonds is 2. The zero-order chi connectivity index (χ0) is 11.5. The van der Waals surface area contributed by atoms with Crippen LogP contribution in [-0.2, 0) is 6.54 Å². The van der Waals surface area contributed by atoms with Gasteiger partial charge in [-0.2, -0.15) is 0 Å². The van der Waals surface area contributed by atoms with E-state index < -0.39 is 0 Å². The summed E-state index contributed by atoms with van der Waals surface area (Å²) < 4.78 is 0. The summed E-state index contributed by atoms with van der Waals surface area (Å²) in [4.78, 5) is 3.43. The van der Waals surface area contributed by atoms with Crippen LogP contribution >= 0.6 is 12.6 Å². The first-order valence-corrected chi connectivity index (χ1v) is 6.12. The molecule has 0 atom stereocenters. The Labute approximate surface area is 102 Å². The van der Waals surface area contributed by atoms with Gasteiger partial charge in [0.15, 0.2) is 0 Å². The number of hydrogen-bond donors (Lipinski definition) is 3. The number of nitrogen functional groups attached to an aromatic ring is 1. The molecule has 0 bridgehead atoms. The van der Waals surface area contributed by atoms with Crippen molar-refractivity contribution in [3.63, 3.8) is 0 Å². The minimum atomic E-state index is 0.845. The minimum Gasteiger partial charge on any atom is -0.398 e. The predicted molar refractivity (Wildman–Crippen MR) is 71.0 cm³/mol. The van der Waals surface area contributed by atoms with Gasteiger partial charge in [-0.25, -0.2) is 0 Å². The van der Waals surface area contributed by atoms with E-state index in [4.69, 9.17) is 5.73 Å². The van der Waals surface area contributed by atoms with Crippen LogP contribution in [0.3, 0.4) is 0 Å². The quantitative estimate of drug-likeness (QED) is 0.536. The highest BCUT2D eigenvalue weighted by Crippen LogP contribution is 2.22. The molecule has 16 heavy (non-hydrogen) atoms. The van der Waals surface area contributed by atoms with Gasteiger partial charge < -0.3 is 11.1 Å². The highest BCUT2D eigenvalue weighted by atomic mass is 32.1. The number of thiol groups is 1. The standard InChI is InChI=1S/C12H19N3S/c1-9-11(13)6-10(7-12(9)16)8-15-4-2-14-3-5-15/h6-7,14,16H,2-5,8,13H2,1H3. The fourth-order valence-electron chi connectivity index (χ4n) is 2.00. The lowest BCUT2D eigenvalue weighted by Gasteiger charge is -2.27. The predicted octanol–water partition coefficient (Wildman–Crippen LogP) is 1.27. The molecule has 0 radical (unpaired) electrons. The van der Waals surface area contributed by atoms with E-state index in [-0.39, 0.29) is 0 Å². The van der Waals surface area contributed by atoms with E-state index in [9.17, 15) is 0 Å². The maximum atomic E-state index is 5.95. The van der Waals surface area contributed by atoms with Crippen molar-refractivity contribution in [2.75, 3.05) is 31.9 Å². The molecule has 1 aliphatic rings. The molecule has 0 amide bonds. The van der Waals surface area contributed by atoms with Gasteiger partial charge >= 0.3 is 0 Å². The molecule has 1 aromatic carbocycles. The van der Waals surface area contributed by atoms with Crippen LogP contribution in [0.15, 0.2) is 17.0 Å². The number of hydrogen-bond acceptors (Lipinski definition) is 4. The Morgan fingerprint density at radius 2 is 2.06 bits per heavy atom. The molecule has 0 aliphatic carbocycles. The maximum absolute atomic E-state index is 5.95. The molecule has 1 saturated heterocycles. The van der Waals surface area contributed by atoms with E-state index in [1.54, 1.807) is 0 Å². The second-order valence-electron chi connectivity index (χ2n) is 4.36. The lowest BCUT2D eigenvalue weighted by Crippen LogP contribution is -2.42. The highest BCUT2D eigenvalue weighted by Gasteiger charge is 2.11. The largest absolute Gasteiger partial charge is 0.398 e. The molecule has 1 aromatic rings. The van der Waals surface area contributed by atoms with E-state index in [2.05, 4.69) is 35.0 Å². The Bertz CT molecular complexity index is 350. The van der Waals surface area contributed by atoms with Gasteiger partial charge in [-0.3, -0.25) is 4.90 Å². The number of piperazine rings is 1. The first-order valence-electron chi connectivity index (χ1n) is 5.68. The molecule has 0 aromatic heterocycles. The van der Waals surface area contributed by atoms with Crippen molar-refractivity contribution in [3.05, 3.63) is 23.3 Å². The lowest BCUT2D eigenvalue weighted by molar-refractivity contribution is 0.233. The molecule has 2 rings (SSSR count). The summed E-state index contributed by atoms with van der Waals surface area (Å²) in [5.41, 5.74) is 9.13. The van der Waals surface area contributed by atoms with Crippen molar-refractivity contribution >= 4 is 18.3 Å². The summed E-state index contributed by atoms with van der Waals surface area (Å²) in [6.45, 7) is 7.35. The minimum absolute atomic E-state index is 0.845. The summed E-state index contributed by atoms with van der Waals surface area (Å²) in [5, 5.41) is 3.35. The van der Waals surface area contributed by atoms with E-state index in [1.807, 2.05) is 6.92 Å². The van der Waals surface area contributed by atoms with Crippen LogP contribution in [0, 0.1) is 6.92 Å². The summed E-state index contributed by atoms with van der Waals surface area (Å²) >= 11 is 4.44. The van der Waals surface area contributed by atoms with Crippen molar-refractivity contribution in [2.45, 2.75) is 18.4 Å². The van der Waals surface area contributed by atoms with Crippen LogP contribution in [0.4, 0.5) is 5.69 Å². The molecular weight excluding hydrogens is 218 g/mol. The molecule has 1 fully saturated rings. The highest BCUT2D eigenvalue weighted by molar-refractivity contribution is 7.80. The van der Waals surface area contributed by atoms with Gasteiger partial charge in [-0.15, -0.1) is 12.6 Å². The Morgan fingerprint density at radius 3 is 2.69 bits per heavy atom. The zero-order valence-corrected chi connectivity index (χ0v) is 10.6. The number of nitrogens with two attached hydrogens (primary N) is 1. The van der Waals surface area contributed by atoms with E-state index in [0.717, 1.165) is 48.9 Å². The fourth-order valence-corrected chi connectivity index (χ4v) is 2.30. The van der Waals surface area contributed by atoms with Crippen molar-refractivity contribution in [3.8, 4) is 0 Å². The summed E-state index contributed by atoms with van der Waals surface area (Å²) in [7, 11) is 0. The van der Waals surface area contributed by atoms with E-state index in [0.29, 0.717) is 0 Å². The topological polar surface area (TPSA) is 41.3 Å². The van der Waals surface area contributed by atoms with Crippen LogP contribution in [-0.4, -0.2) is 31.1 Å². The van der Waals surface area contributed by atoms with Gasteiger partial charge in [0.05, 0.1) is 0 Å². The number of anilines is 1. The second kappa shape index (κ2) is 5.08. The van der Waals surface area contributed by atoms with Gasteiger partial charge in [0.25, 0.3) is 0 Å². The van der Waals surface area contributed by atoms with E-state index in [1.165, 1.54) is 5.56 Å². The van der Waals surface area contributed by atoms with Gasteiger partial charge in [0.1, 0.15) is 0 Å². The summed E-state index contributed by atoms with van der Waals surface area (Å²) in [5.74, 6) is 0. The van der Waals surface area contributed by atoms with Crippen LogP contribution < -0.4 is 11.1 Å². The normalized spacial score (nSPS) is 17.6. The monoisotopic (exact) mass is 237 g/mol. The Kier molecular flexibility index (Phi) is 3.74. The molecule has 3 N–H and O–H groups in total. The average molecular weight is 237 g/mol. The number of benzene rings is 1. The van der Waals surface area contributed by atoms with Crippen LogP contribution in [0.5, 0.6) is 0 Å². The third kappa shape index (κ3) is 2.70. The molecule has 0 spiro atoms. The van der Waals surface area contributed by atoms with Gasteiger partial charge in [-0.05, 0) is 30.2 Å². The third-order valence-electron chi connectivity index (χ3n) is 3.10. The Balaban J connectivity index is 2.09. The zero-order valence-electron chi connectivity index (χ0n) is 9.66. The molecule has 4 heteroatoms. The van der Waals surface area contributed by atoms with E-state index >= 15 is 0 Å². The SMILES string of the molecule is Cc1c(N)cc(CN2CCNCC2)cc1S. The molecule has 1 heterocycles. The van der Waals surface area contributed by atoms with Crippen molar-refractivity contribution < 1.29 is 0 Å². The number of nitrogens with zero attached hydrogens (tertiary/aromatic N) is 1. The summed E-state index contributed by atoms with van der Waals surface area (Å²) in [6.07, 6.45) is 0. The fraction of sp³-hybridized carbons (Fsp3) is 0.500. The third-order valence-corrected chi connectivity index (χ3v) is 3.56. The average Bonchev–Trinajstić information content (AvgIpc) is 2.27. The van der Waals surface area contributed by atoms with Crippen molar-refractivity contribution in [1.82, 2.24) is 10.2 Å². The molecule has 0 unspecified atom stereocenters. The summed E-state index contributed by atoms with van der Waals surface area (Å²) in [6, 6.07) is 4.19. The van der Waals surface area contributed by atoms with Crippen molar-refractivity contribution in [2.24, 2.45) is 0 Å².